The van der Waals surface area contributed by atoms with Crippen molar-refractivity contribution in [1.82, 2.24) is 5.32 Å². The maximum absolute atomic E-state index is 11.4. The van der Waals surface area contributed by atoms with Gasteiger partial charge in [0.2, 0.25) is 5.91 Å². The first kappa shape index (κ1) is 40.1. The Morgan fingerprint density at radius 3 is 1.17 bits per heavy atom. The number of unbranched alkanes of at least 4 members (excludes halogenated alkanes) is 27. The number of carbonyl (C=O) groups is 1. The zero-order chi connectivity index (χ0) is 30.1. The molecule has 0 bridgehead atoms. The van der Waals surface area contributed by atoms with Crippen molar-refractivity contribution in [3.8, 4) is 0 Å². The van der Waals surface area contributed by atoms with Crippen molar-refractivity contribution < 1.29 is 15.0 Å². The smallest absolute Gasteiger partial charge is 0.220 e. The van der Waals surface area contributed by atoms with Crippen molar-refractivity contribution in [3.05, 3.63) is 12.2 Å². The van der Waals surface area contributed by atoms with E-state index in [9.17, 15) is 15.0 Å². The zero-order valence-electron chi connectivity index (χ0n) is 27.8. The van der Waals surface area contributed by atoms with Gasteiger partial charge >= 0.3 is 0 Å². The van der Waals surface area contributed by atoms with Crippen LogP contribution in [0.5, 0.6) is 0 Å². The molecule has 0 aromatic carbocycles. The highest BCUT2D eigenvalue weighted by Gasteiger charge is 2.17. The quantitative estimate of drug-likeness (QED) is 0.0535. The summed E-state index contributed by atoms with van der Waals surface area (Å²) >= 11 is 0. The third-order valence-electron chi connectivity index (χ3n) is 8.58. The summed E-state index contributed by atoms with van der Waals surface area (Å²) in [5.74, 6) is -0.151. The lowest BCUT2D eigenvalue weighted by atomic mass is 10.0. The predicted molar refractivity (Wildman–Crippen MR) is 179 cm³/mol. The summed E-state index contributed by atoms with van der Waals surface area (Å²) in [6.07, 6.45) is 42.3. The highest BCUT2D eigenvalue weighted by molar-refractivity contribution is 5.75. The normalized spacial score (nSPS) is 13.2. The van der Waals surface area contributed by atoms with Crippen LogP contribution in [0, 0.1) is 0 Å². The predicted octanol–water partition coefficient (Wildman–Crippen LogP) is 10.7. The standard InChI is InChI=1S/C37H73NO3/c1-3-5-6-7-8-9-10-11-12-13-14-15-16-17-18-19-20-21-22-23-24-25-26-27-28-29-30-31-32-33-36(40)35(34-39)38-37(41)4-2/h32-33,35-36,39-40H,3-31,34H2,1-2H3,(H,38,41)/b33-32+. The van der Waals surface area contributed by atoms with Crippen LogP contribution in [-0.2, 0) is 4.79 Å². The van der Waals surface area contributed by atoms with Crippen LogP contribution in [0.1, 0.15) is 200 Å². The van der Waals surface area contributed by atoms with Crippen LogP contribution in [0.25, 0.3) is 0 Å². The average molecular weight is 580 g/mol. The number of aliphatic hydroxyl groups is 2. The highest BCUT2D eigenvalue weighted by Crippen LogP contribution is 2.16. The molecule has 2 atom stereocenters. The summed E-state index contributed by atoms with van der Waals surface area (Å²) in [7, 11) is 0. The molecular weight excluding hydrogens is 506 g/mol. The third-order valence-corrected chi connectivity index (χ3v) is 8.58. The van der Waals surface area contributed by atoms with Gasteiger partial charge in [-0.3, -0.25) is 4.79 Å². The van der Waals surface area contributed by atoms with Crippen LogP contribution in [0.2, 0.25) is 0 Å². The molecule has 0 fully saturated rings. The van der Waals surface area contributed by atoms with E-state index < -0.39 is 12.1 Å². The molecule has 0 radical (unpaired) electrons. The molecule has 4 heteroatoms. The van der Waals surface area contributed by atoms with Gasteiger partial charge in [0.1, 0.15) is 0 Å². The summed E-state index contributed by atoms with van der Waals surface area (Å²) in [4.78, 5) is 11.4. The van der Waals surface area contributed by atoms with Crippen LogP contribution in [-0.4, -0.2) is 34.9 Å². The second-order valence-corrected chi connectivity index (χ2v) is 12.6. The summed E-state index contributed by atoms with van der Waals surface area (Å²) in [6, 6.07) is -0.613. The minimum absolute atomic E-state index is 0.151. The van der Waals surface area contributed by atoms with E-state index in [0.29, 0.717) is 6.42 Å². The van der Waals surface area contributed by atoms with E-state index in [-0.39, 0.29) is 12.5 Å². The van der Waals surface area contributed by atoms with Gasteiger partial charge < -0.3 is 15.5 Å². The van der Waals surface area contributed by atoms with Crippen LogP contribution in [0.4, 0.5) is 0 Å². The summed E-state index contributed by atoms with van der Waals surface area (Å²) < 4.78 is 0. The molecule has 0 saturated heterocycles. The minimum atomic E-state index is -0.829. The first-order valence-corrected chi connectivity index (χ1v) is 18.4. The maximum atomic E-state index is 11.4. The highest BCUT2D eigenvalue weighted by atomic mass is 16.3. The first-order chi connectivity index (χ1) is 20.2. The number of amides is 1. The topological polar surface area (TPSA) is 69.6 Å². The lowest BCUT2D eigenvalue weighted by molar-refractivity contribution is -0.122. The fourth-order valence-electron chi connectivity index (χ4n) is 5.67. The van der Waals surface area contributed by atoms with Crippen molar-refractivity contribution in [2.24, 2.45) is 0 Å². The van der Waals surface area contributed by atoms with Gasteiger partial charge in [-0.15, -0.1) is 0 Å². The Morgan fingerprint density at radius 1 is 0.561 bits per heavy atom. The molecule has 0 aromatic rings. The molecule has 0 rings (SSSR count). The van der Waals surface area contributed by atoms with E-state index in [1.165, 1.54) is 167 Å². The Hall–Kier alpha value is -0.870. The van der Waals surface area contributed by atoms with Gasteiger partial charge in [-0.1, -0.05) is 193 Å². The molecule has 0 heterocycles. The SMILES string of the molecule is CCCCCCCCCCCCCCCCCCCCCCCCCCCCC/C=C/C(O)C(CO)NC(=O)CC. The van der Waals surface area contributed by atoms with Crippen LogP contribution in [0.15, 0.2) is 12.2 Å². The fourth-order valence-corrected chi connectivity index (χ4v) is 5.67. The molecule has 41 heavy (non-hydrogen) atoms. The molecule has 0 aromatic heterocycles. The second-order valence-electron chi connectivity index (χ2n) is 12.6. The van der Waals surface area contributed by atoms with Gasteiger partial charge in [0.25, 0.3) is 0 Å². The van der Waals surface area contributed by atoms with Crippen molar-refractivity contribution >= 4 is 5.91 Å². The summed E-state index contributed by atoms with van der Waals surface area (Å²) in [6.45, 7) is 3.80. The number of rotatable bonds is 33. The number of nitrogens with one attached hydrogen (secondary N) is 1. The number of allylic oxidation sites excluding steroid dienone is 1. The van der Waals surface area contributed by atoms with E-state index in [1.807, 2.05) is 6.08 Å². The lowest BCUT2D eigenvalue weighted by Gasteiger charge is -2.19. The molecule has 0 aliphatic heterocycles. The number of carbonyl (C=O) groups excluding carboxylic acids is 1. The molecule has 0 spiro atoms. The van der Waals surface area contributed by atoms with Crippen LogP contribution < -0.4 is 5.32 Å². The van der Waals surface area contributed by atoms with Gasteiger partial charge in [0.05, 0.1) is 18.8 Å². The third kappa shape index (κ3) is 30.4. The molecule has 0 saturated carbocycles. The molecule has 2 unspecified atom stereocenters. The Kier molecular flexibility index (Phi) is 32.9. The summed E-state index contributed by atoms with van der Waals surface area (Å²) in [5.41, 5.74) is 0. The summed E-state index contributed by atoms with van der Waals surface area (Å²) in [5, 5.41) is 22.1. The molecule has 3 N–H and O–H groups in total. The number of hydrogen-bond acceptors (Lipinski definition) is 3. The monoisotopic (exact) mass is 580 g/mol. The maximum Gasteiger partial charge on any atom is 0.220 e. The average Bonchev–Trinajstić information content (AvgIpc) is 2.98. The number of hydrogen-bond donors (Lipinski definition) is 3. The van der Waals surface area contributed by atoms with Crippen molar-refractivity contribution in [3.63, 3.8) is 0 Å². The van der Waals surface area contributed by atoms with E-state index in [4.69, 9.17) is 0 Å². The van der Waals surface area contributed by atoms with Gasteiger partial charge in [-0.25, -0.2) is 0 Å². The van der Waals surface area contributed by atoms with E-state index >= 15 is 0 Å². The van der Waals surface area contributed by atoms with E-state index in [2.05, 4.69) is 12.2 Å². The zero-order valence-corrected chi connectivity index (χ0v) is 27.8. The van der Waals surface area contributed by atoms with Crippen LogP contribution >= 0.6 is 0 Å². The van der Waals surface area contributed by atoms with E-state index in [0.717, 1.165) is 12.8 Å². The van der Waals surface area contributed by atoms with Gasteiger partial charge in [-0.2, -0.15) is 0 Å². The number of aliphatic hydroxyl groups excluding tert-OH is 2. The molecule has 4 nitrogen and oxygen atoms in total. The van der Waals surface area contributed by atoms with Gasteiger partial charge in [0, 0.05) is 6.42 Å². The van der Waals surface area contributed by atoms with Crippen molar-refractivity contribution in [1.29, 1.82) is 0 Å². The van der Waals surface area contributed by atoms with Crippen LogP contribution in [0.3, 0.4) is 0 Å². The fraction of sp³-hybridized carbons (Fsp3) is 0.919. The molecule has 0 aliphatic carbocycles. The Morgan fingerprint density at radius 2 is 0.878 bits per heavy atom. The molecule has 244 valence electrons. The van der Waals surface area contributed by atoms with E-state index in [1.54, 1.807) is 13.0 Å². The van der Waals surface area contributed by atoms with Gasteiger partial charge in [-0.05, 0) is 12.8 Å². The van der Waals surface area contributed by atoms with Crippen molar-refractivity contribution in [2.75, 3.05) is 6.61 Å². The Balaban J connectivity index is 3.24. The Bertz CT molecular complexity index is 550. The Labute approximate surface area is 256 Å². The first-order valence-electron chi connectivity index (χ1n) is 18.4. The minimum Gasteiger partial charge on any atom is -0.394 e. The second kappa shape index (κ2) is 33.6. The van der Waals surface area contributed by atoms with Crippen molar-refractivity contribution in [2.45, 2.75) is 212 Å². The molecular formula is C37H73NO3. The molecule has 0 aliphatic rings. The lowest BCUT2D eigenvalue weighted by Crippen LogP contribution is -2.44. The largest absolute Gasteiger partial charge is 0.394 e. The molecule has 1 amide bonds. The van der Waals surface area contributed by atoms with Gasteiger partial charge in [0.15, 0.2) is 0 Å².